The van der Waals surface area contributed by atoms with Crippen molar-refractivity contribution >= 4 is 17.7 Å². The largest absolute Gasteiger partial charge is 0.348 e. The third-order valence-corrected chi connectivity index (χ3v) is 7.97. The first-order valence-electron chi connectivity index (χ1n) is 11.0. The van der Waals surface area contributed by atoms with E-state index in [1.807, 2.05) is 0 Å². The fraction of sp³-hybridized carbons (Fsp3) is 0.609. The number of thioether (sulfide) groups is 1. The molecule has 1 N–H and O–H groups in total. The van der Waals surface area contributed by atoms with Crippen LogP contribution in [0.15, 0.2) is 29.4 Å². The number of rotatable bonds is 6. The highest BCUT2D eigenvalue weighted by atomic mass is 32.2. The second kappa shape index (κ2) is 7.46. The summed E-state index contributed by atoms with van der Waals surface area (Å²) in [5.41, 5.74) is 2.14. The van der Waals surface area contributed by atoms with E-state index >= 15 is 0 Å². The Labute approximate surface area is 177 Å². The summed E-state index contributed by atoms with van der Waals surface area (Å²) in [6.45, 7) is 4.65. The predicted molar refractivity (Wildman–Crippen MR) is 115 cm³/mol. The summed E-state index contributed by atoms with van der Waals surface area (Å²) in [6.07, 6.45) is 7.33. The number of nitrogens with zero attached hydrogens (tertiary/aromatic N) is 3. The fourth-order valence-corrected chi connectivity index (χ4v) is 7.10. The average Bonchev–Trinajstić information content (AvgIpc) is 3.08. The van der Waals surface area contributed by atoms with E-state index < -0.39 is 0 Å². The monoisotopic (exact) mass is 410 g/mol. The first kappa shape index (κ1) is 19.2. The van der Waals surface area contributed by atoms with Crippen LogP contribution in [-0.4, -0.2) is 26.4 Å². The first-order chi connectivity index (χ1) is 14.1. The van der Waals surface area contributed by atoms with Crippen LogP contribution in [0.25, 0.3) is 5.69 Å². The topological polar surface area (TPSA) is 59.8 Å². The van der Waals surface area contributed by atoms with Gasteiger partial charge in [0.15, 0.2) is 11.0 Å². The number of nitrogens with one attached hydrogen (secondary N) is 1. The van der Waals surface area contributed by atoms with Gasteiger partial charge in [0.25, 0.3) is 0 Å². The molecule has 0 radical (unpaired) electrons. The maximum absolute atomic E-state index is 13.3. The van der Waals surface area contributed by atoms with Crippen molar-refractivity contribution in [3.63, 3.8) is 0 Å². The maximum atomic E-state index is 13.3. The summed E-state index contributed by atoms with van der Waals surface area (Å²) in [7, 11) is 0. The molecule has 2 aromatic rings. The van der Waals surface area contributed by atoms with E-state index in [9.17, 15) is 4.79 Å². The highest BCUT2D eigenvalue weighted by Gasteiger charge is 2.54. The zero-order valence-electron chi connectivity index (χ0n) is 17.4. The molecule has 0 aliphatic heterocycles. The molecule has 0 unspecified atom stereocenters. The van der Waals surface area contributed by atoms with Crippen molar-refractivity contribution < 1.29 is 4.79 Å². The number of carbonyl (C=O) groups is 1. The number of hydrogen-bond donors (Lipinski definition) is 1. The van der Waals surface area contributed by atoms with Crippen LogP contribution in [0.1, 0.15) is 56.8 Å². The van der Waals surface area contributed by atoms with E-state index in [1.165, 1.54) is 24.8 Å². The van der Waals surface area contributed by atoms with Crippen molar-refractivity contribution in [2.45, 2.75) is 64.1 Å². The van der Waals surface area contributed by atoms with Crippen LogP contribution in [0.2, 0.25) is 0 Å². The molecule has 6 heteroatoms. The Morgan fingerprint density at radius 3 is 2.48 bits per heavy atom. The molecule has 0 saturated heterocycles. The van der Waals surface area contributed by atoms with Gasteiger partial charge in [0, 0.05) is 11.1 Å². The molecule has 4 aliphatic carbocycles. The van der Waals surface area contributed by atoms with Gasteiger partial charge in [0.2, 0.25) is 5.91 Å². The van der Waals surface area contributed by atoms with Crippen molar-refractivity contribution in [2.24, 2.45) is 23.2 Å². The number of amides is 1. The minimum Gasteiger partial charge on any atom is -0.348 e. The van der Waals surface area contributed by atoms with E-state index in [2.05, 4.69) is 58.2 Å². The molecule has 1 aromatic carbocycles. The van der Waals surface area contributed by atoms with Crippen molar-refractivity contribution in [2.75, 3.05) is 5.75 Å². The number of aryl methyl sites for hydroxylation is 1. The molecule has 154 valence electrons. The Bertz CT molecular complexity index is 886. The van der Waals surface area contributed by atoms with Crippen LogP contribution in [0.4, 0.5) is 0 Å². The van der Waals surface area contributed by atoms with Crippen molar-refractivity contribution in [3.05, 3.63) is 35.7 Å². The van der Waals surface area contributed by atoms with Crippen LogP contribution in [0, 0.1) is 30.1 Å². The molecule has 1 amide bonds. The Kier molecular flexibility index (Phi) is 4.93. The first-order valence-corrected chi connectivity index (χ1v) is 12.0. The molecule has 1 aromatic heterocycles. The Morgan fingerprint density at radius 1 is 1.17 bits per heavy atom. The Balaban J connectivity index is 1.36. The molecule has 5 nitrogen and oxygen atoms in total. The van der Waals surface area contributed by atoms with Gasteiger partial charge >= 0.3 is 0 Å². The molecule has 4 aliphatic rings. The second-order valence-electron chi connectivity index (χ2n) is 9.39. The van der Waals surface area contributed by atoms with Crippen LogP contribution in [0.5, 0.6) is 0 Å². The van der Waals surface area contributed by atoms with Crippen molar-refractivity contribution in [1.82, 2.24) is 20.1 Å². The summed E-state index contributed by atoms with van der Waals surface area (Å²) >= 11 is 1.68. The summed E-state index contributed by atoms with van der Waals surface area (Å²) in [4.78, 5) is 13.3. The molecule has 29 heavy (non-hydrogen) atoms. The zero-order valence-corrected chi connectivity index (χ0v) is 18.2. The third-order valence-electron chi connectivity index (χ3n) is 7.16. The number of carbonyl (C=O) groups excluding carboxylic acids is 1. The second-order valence-corrected chi connectivity index (χ2v) is 10.6. The minimum atomic E-state index is -0.121. The van der Waals surface area contributed by atoms with Gasteiger partial charge in [-0.25, -0.2) is 0 Å². The molecule has 4 fully saturated rings. The number of aromatic nitrogens is 3. The fourth-order valence-electron chi connectivity index (χ4n) is 6.40. The van der Waals surface area contributed by atoms with Gasteiger partial charge in [-0.3, -0.25) is 9.36 Å². The van der Waals surface area contributed by atoms with Gasteiger partial charge in [-0.15, -0.1) is 10.2 Å². The lowest BCUT2D eigenvalue weighted by atomic mass is 9.49. The molecular formula is C23H30N4OS. The zero-order chi connectivity index (χ0) is 20.0. The van der Waals surface area contributed by atoms with Gasteiger partial charge in [-0.2, -0.15) is 0 Å². The van der Waals surface area contributed by atoms with E-state index in [0.717, 1.165) is 59.4 Å². The quantitative estimate of drug-likeness (QED) is 0.711. The van der Waals surface area contributed by atoms with Crippen LogP contribution in [-0.2, 0) is 11.3 Å². The van der Waals surface area contributed by atoms with Crippen LogP contribution >= 0.6 is 11.8 Å². The van der Waals surface area contributed by atoms with Gasteiger partial charge in [0.1, 0.15) is 0 Å². The molecule has 6 rings (SSSR count). The van der Waals surface area contributed by atoms with Gasteiger partial charge in [0.05, 0.1) is 6.54 Å². The van der Waals surface area contributed by atoms with Crippen molar-refractivity contribution in [1.29, 1.82) is 0 Å². The summed E-state index contributed by atoms with van der Waals surface area (Å²) in [5, 5.41) is 13.0. The highest BCUT2D eigenvalue weighted by molar-refractivity contribution is 7.99. The van der Waals surface area contributed by atoms with Crippen LogP contribution in [0.3, 0.4) is 0 Å². The van der Waals surface area contributed by atoms with E-state index in [4.69, 9.17) is 0 Å². The summed E-state index contributed by atoms with van der Waals surface area (Å²) in [6, 6.07) is 8.38. The Hall–Kier alpha value is -1.82. The number of hydrogen-bond acceptors (Lipinski definition) is 4. The normalized spacial score (nSPS) is 29.9. The van der Waals surface area contributed by atoms with Gasteiger partial charge < -0.3 is 5.32 Å². The van der Waals surface area contributed by atoms with Gasteiger partial charge in [-0.1, -0.05) is 30.8 Å². The lowest BCUT2D eigenvalue weighted by molar-refractivity contribution is -0.146. The van der Waals surface area contributed by atoms with Gasteiger partial charge in [-0.05, 0) is 86.7 Å². The predicted octanol–water partition coefficient (Wildman–Crippen LogP) is 4.52. The molecule has 4 saturated carbocycles. The minimum absolute atomic E-state index is 0.121. The molecular weight excluding hydrogens is 380 g/mol. The van der Waals surface area contributed by atoms with E-state index in [0.29, 0.717) is 6.54 Å². The molecule has 0 spiro atoms. The summed E-state index contributed by atoms with van der Waals surface area (Å²) in [5.74, 6) is 4.31. The lowest BCUT2D eigenvalue weighted by Gasteiger charge is -2.55. The summed E-state index contributed by atoms with van der Waals surface area (Å²) < 4.78 is 2.10. The van der Waals surface area contributed by atoms with Crippen molar-refractivity contribution in [3.8, 4) is 5.69 Å². The standard InChI is InChI=1S/C23H30N4OS/c1-3-29-22-26-25-20(27(22)19-6-4-5-15(2)7-19)14-24-21(28)23-11-16-8-17(12-23)10-18(9-16)13-23/h4-7,16-18H,3,8-14H2,1-2H3,(H,24,28). The molecule has 4 bridgehead atoms. The number of benzene rings is 1. The average molecular weight is 411 g/mol. The maximum Gasteiger partial charge on any atom is 0.226 e. The smallest absolute Gasteiger partial charge is 0.226 e. The van der Waals surface area contributed by atoms with E-state index in [-0.39, 0.29) is 11.3 Å². The Morgan fingerprint density at radius 2 is 1.86 bits per heavy atom. The SMILES string of the molecule is CCSc1nnc(CNC(=O)C23CC4CC(CC(C4)C2)C3)n1-c1cccc(C)c1. The molecule has 1 heterocycles. The third kappa shape index (κ3) is 3.49. The lowest BCUT2D eigenvalue weighted by Crippen LogP contribution is -2.53. The molecule has 0 atom stereocenters. The van der Waals surface area contributed by atoms with E-state index in [1.54, 1.807) is 11.8 Å². The highest BCUT2D eigenvalue weighted by Crippen LogP contribution is 2.60. The van der Waals surface area contributed by atoms with Crippen LogP contribution < -0.4 is 5.32 Å².